The minimum atomic E-state index is -2.16. The van der Waals surface area contributed by atoms with E-state index in [0.717, 1.165) is 0 Å². The summed E-state index contributed by atoms with van der Waals surface area (Å²) in [6, 6.07) is 0. The van der Waals surface area contributed by atoms with Gasteiger partial charge in [0.1, 0.15) is 0 Å². The smallest absolute Gasteiger partial charge is 0.210 e. The van der Waals surface area contributed by atoms with Crippen LogP contribution in [-0.2, 0) is 0 Å². The fourth-order valence-electron chi connectivity index (χ4n) is 0.291. The van der Waals surface area contributed by atoms with Gasteiger partial charge in [-0.15, -0.1) is 0 Å². The van der Waals surface area contributed by atoms with E-state index in [2.05, 4.69) is 0 Å². The highest BCUT2D eigenvalue weighted by molar-refractivity contribution is 4.57. The third kappa shape index (κ3) is 2.24. The van der Waals surface area contributed by atoms with Crippen LogP contribution < -0.4 is 0 Å². The van der Waals surface area contributed by atoms with E-state index in [1.165, 1.54) is 0 Å². The van der Waals surface area contributed by atoms with Crippen LogP contribution in [0, 0.1) is 11.8 Å². The Morgan fingerprint density at radius 3 is 1.38 bits per heavy atom. The van der Waals surface area contributed by atoms with Gasteiger partial charge in [0.15, 0.2) is 0 Å². The van der Waals surface area contributed by atoms with Crippen molar-refractivity contribution in [1.29, 1.82) is 0 Å². The Balaban J connectivity index is 3.46. The molecule has 0 amide bonds. The predicted molar refractivity (Wildman–Crippen MR) is 30.0 cm³/mol. The molecule has 50 valence electrons. The second-order valence-electron chi connectivity index (χ2n) is 2.44. The van der Waals surface area contributed by atoms with Gasteiger partial charge in [-0.25, -0.2) is 8.78 Å². The van der Waals surface area contributed by atoms with Crippen molar-refractivity contribution in [2.75, 3.05) is 0 Å². The Hall–Kier alpha value is -0.140. The Bertz CT molecular complexity index is 51.5. The van der Waals surface area contributed by atoms with E-state index in [1.54, 1.807) is 20.8 Å². The largest absolute Gasteiger partial charge is 0.241 e. The highest BCUT2D eigenvalue weighted by Gasteiger charge is 2.17. The monoisotopic (exact) mass is 122 g/mol. The lowest BCUT2D eigenvalue weighted by Crippen LogP contribution is -2.12. The van der Waals surface area contributed by atoms with Crippen LogP contribution in [0.5, 0.6) is 0 Å². The fourth-order valence-corrected chi connectivity index (χ4v) is 0.291. The first-order valence-corrected chi connectivity index (χ1v) is 2.84. The molecule has 0 bridgehead atoms. The number of hydrogen-bond donors (Lipinski definition) is 0. The second kappa shape index (κ2) is 3.00. The molecule has 0 nitrogen and oxygen atoms in total. The van der Waals surface area contributed by atoms with Gasteiger partial charge >= 0.3 is 0 Å². The third-order valence-electron chi connectivity index (χ3n) is 1.45. The van der Waals surface area contributed by atoms with Crippen molar-refractivity contribution < 1.29 is 8.78 Å². The SMILES string of the molecule is CC(C)[C@@H](C)C(F)F. The summed E-state index contributed by atoms with van der Waals surface area (Å²) < 4.78 is 23.4. The zero-order chi connectivity index (χ0) is 6.73. The molecule has 0 aromatic heterocycles. The minimum absolute atomic E-state index is 0.0926. The summed E-state index contributed by atoms with van der Waals surface area (Å²) in [6.45, 7) is 5.17. The highest BCUT2D eigenvalue weighted by atomic mass is 19.3. The Morgan fingerprint density at radius 2 is 1.38 bits per heavy atom. The van der Waals surface area contributed by atoms with E-state index in [1.807, 2.05) is 0 Å². The molecule has 0 saturated heterocycles. The van der Waals surface area contributed by atoms with E-state index >= 15 is 0 Å². The van der Waals surface area contributed by atoms with Crippen LogP contribution in [0.3, 0.4) is 0 Å². The molecule has 0 aliphatic rings. The average molecular weight is 122 g/mol. The van der Waals surface area contributed by atoms with Crippen molar-refractivity contribution in [3.05, 3.63) is 0 Å². The lowest BCUT2D eigenvalue weighted by atomic mass is 9.99. The Labute approximate surface area is 48.9 Å². The quantitative estimate of drug-likeness (QED) is 0.528. The van der Waals surface area contributed by atoms with Gasteiger partial charge in [0.25, 0.3) is 0 Å². The Morgan fingerprint density at radius 1 is 1.00 bits per heavy atom. The topological polar surface area (TPSA) is 0 Å². The molecule has 0 rings (SSSR count). The van der Waals surface area contributed by atoms with Gasteiger partial charge in [0, 0.05) is 5.92 Å². The lowest BCUT2D eigenvalue weighted by Gasteiger charge is -2.12. The first-order chi connectivity index (χ1) is 3.55. The van der Waals surface area contributed by atoms with E-state index in [0.29, 0.717) is 0 Å². The molecule has 0 aromatic carbocycles. The second-order valence-corrected chi connectivity index (χ2v) is 2.44. The van der Waals surface area contributed by atoms with E-state index in [9.17, 15) is 8.78 Å². The molecule has 0 heterocycles. The molecule has 1 atom stereocenters. The van der Waals surface area contributed by atoms with Gasteiger partial charge in [-0.2, -0.15) is 0 Å². The van der Waals surface area contributed by atoms with Crippen LogP contribution in [0.2, 0.25) is 0 Å². The first-order valence-electron chi connectivity index (χ1n) is 2.84. The molecule has 2 heteroatoms. The average Bonchev–Trinajstić information content (AvgIpc) is 1.64. The Kier molecular flexibility index (Phi) is 2.95. The molecule has 0 N–H and O–H groups in total. The molecule has 0 aliphatic heterocycles. The summed E-state index contributed by atoms with van der Waals surface area (Å²) in [4.78, 5) is 0. The minimum Gasteiger partial charge on any atom is -0.210 e. The maximum absolute atomic E-state index is 11.7. The van der Waals surface area contributed by atoms with Gasteiger partial charge in [-0.3, -0.25) is 0 Å². The van der Waals surface area contributed by atoms with Crippen LogP contribution in [0.4, 0.5) is 8.78 Å². The van der Waals surface area contributed by atoms with Crippen molar-refractivity contribution in [1.82, 2.24) is 0 Å². The molecule has 0 aromatic rings. The summed E-state index contributed by atoms with van der Waals surface area (Å²) in [7, 11) is 0. The van der Waals surface area contributed by atoms with Gasteiger partial charge in [0.05, 0.1) is 0 Å². The van der Waals surface area contributed by atoms with Crippen molar-refractivity contribution in [3.63, 3.8) is 0 Å². The number of hydrogen-bond acceptors (Lipinski definition) is 0. The van der Waals surface area contributed by atoms with Crippen molar-refractivity contribution in [3.8, 4) is 0 Å². The summed E-state index contributed by atoms with van der Waals surface area (Å²) in [5.74, 6) is -0.370. The maximum Gasteiger partial charge on any atom is 0.241 e. The molecule has 0 radical (unpaired) electrons. The third-order valence-corrected chi connectivity index (χ3v) is 1.45. The van der Waals surface area contributed by atoms with Gasteiger partial charge < -0.3 is 0 Å². The number of rotatable bonds is 2. The summed E-state index contributed by atoms with van der Waals surface area (Å²) in [6.07, 6.45) is -2.16. The van der Waals surface area contributed by atoms with E-state index in [-0.39, 0.29) is 5.92 Å². The molecule has 0 spiro atoms. The van der Waals surface area contributed by atoms with Crippen LogP contribution in [-0.4, -0.2) is 6.43 Å². The molecule has 0 unspecified atom stereocenters. The molecule has 0 fully saturated rings. The zero-order valence-electron chi connectivity index (χ0n) is 5.49. The number of halogens is 2. The zero-order valence-corrected chi connectivity index (χ0v) is 5.49. The standard InChI is InChI=1S/C6H12F2/c1-4(2)5(3)6(7)8/h4-6H,1-3H3/t5-/m1/s1. The molecule has 8 heavy (non-hydrogen) atoms. The van der Waals surface area contributed by atoms with Crippen LogP contribution in [0.25, 0.3) is 0 Å². The number of alkyl halides is 2. The van der Waals surface area contributed by atoms with Gasteiger partial charge in [-0.05, 0) is 5.92 Å². The highest BCUT2D eigenvalue weighted by Crippen LogP contribution is 2.17. The first kappa shape index (κ1) is 7.86. The molecule has 0 saturated carbocycles. The van der Waals surface area contributed by atoms with E-state index in [4.69, 9.17) is 0 Å². The summed E-state index contributed by atoms with van der Waals surface area (Å²) >= 11 is 0. The van der Waals surface area contributed by atoms with Crippen LogP contribution in [0.15, 0.2) is 0 Å². The summed E-state index contributed by atoms with van der Waals surface area (Å²) in [5.41, 5.74) is 0. The van der Waals surface area contributed by atoms with Crippen LogP contribution >= 0.6 is 0 Å². The van der Waals surface area contributed by atoms with E-state index < -0.39 is 12.3 Å². The fraction of sp³-hybridized carbons (Fsp3) is 1.00. The molecular formula is C6H12F2. The maximum atomic E-state index is 11.7. The summed E-state index contributed by atoms with van der Waals surface area (Å²) in [5, 5.41) is 0. The van der Waals surface area contributed by atoms with Crippen molar-refractivity contribution >= 4 is 0 Å². The van der Waals surface area contributed by atoms with Crippen molar-refractivity contribution in [2.24, 2.45) is 11.8 Å². The normalized spacial score (nSPS) is 15.4. The van der Waals surface area contributed by atoms with Gasteiger partial charge in [0.2, 0.25) is 6.43 Å². The predicted octanol–water partition coefficient (Wildman–Crippen LogP) is 2.54. The van der Waals surface area contributed by atoms with Crippen LogP contribution in [0.1, 0.15) is 20.8 Å². The lowest BCUT2D eigenvalue weighted by molar-refractivity contribution is 0.0626. The van der Waals surface area contributed by atoms with Crippen molar-refractivity contribution in [2.45, 2.75) is 27.2 Å². The van der Waals surface area contributed by atoms with Gasteiger partial charge in [-0.1, -0.05) is 20.8 Å². The molecule has 0 aliphatic carbocycles. The molecular weight excluding hydrogens is 110 g/mol.